The molecule has 0 spiro atoms. The van der Waals surface area contributed by atoms with E-state index in [0.717, 1.165) is 31.9 Å². The predicted molar refractivity (Wildman–Crippen MR) is 112 cm³/mol. The minimum atomic E-state index is -0.122. The van der Waals surface area contributed by atoms with Crippen molar-refractivity contribution < 1.29 is 19.1 Å². The quantitative estimate of drug-likeness (QED) is 0.755. The van der Waals surface area contributed by atoms with Crippen LogP contribution in [0, 0.1) is 0 Å². The Bertz CT molecular complexity index is 802. The first-order chi connectivity index (χ1) is 14.7. The van der Waals surface area contributed by atoms with Crippen LogP contribution in [0.5, 0.6) is 11.5 Å². The van der Waals surface area contributed by atoms with E-state index < -0.39 is 0 Å². The maximum atomic E-state index is 12.9. The van der Waals surface area contributed by atoms with Gasteiger partial charge in [-0.05, 0) is 25.0 Å². The summed E-state index contributed by atoms with van der Waals surface area (Å²) in [6.07, 6.45) is 6.63. The highest BCUT2D eigenvalue weighted by atomic mass is 16.7. The smallest absolute Gasteiger partial charge is 0.325 e. The number of urea groups is 1. The highest BCUT2D eigenvalue weighted by Gasteiger charge is 2.34. The molecule has 30 heavy (non-hydrogen) atoms. The van der Waals surface area contributed by atoms with Gasteiger partial charge in [0.15, 0.2) is 11.5 Å². The van der Waals surface area contributed by atoms with Crippen molar-refractivity contribution in [2.45, 2.75) is 38.1 Å². The van der Waals surface area contributed by atoms with Crippen LogP contribution in [0.25, 0.3) is 0 Å². The minimum Gasteiger partial charge on any atom is -0.454 e. The van der Waals surface area contributed by atoms with E-state index in [0.29, 0.717) is 30.6 Å². The van der Waals surface area contributed by atoms with Crippen LogP contribution in [0.3, 0.4) is 0 Å². The van der Waals surface area contributed by atoms with Crippen LogP contribution in [-0.4, -0.2) is 85.3 Å². The van der Waals surface area contributed by atoms with Gasteiger partial charge in [-0.2, -0.15) is 0 Å². The first kappa shape index (κ1) is 19.5. The molecule has 1 aromatic carbocycles. The lowest BCUT2D eigenvalue weighted by Gasteiger charge is -2.41. The second-order valence-corrected chi connectivity index (χ2v) is 8.60. The summed E-state index contributed by atoms with van der Waals surface area (Å²) in [5, 5.41) is 0. The zero-order valence-corrected chi connectivity index (χ0v) is 17.4. The van der Waals surface area contributed by atoms with E-state index in [1.807, 2.05) is 23.1 Å². The van der Waals surface area contributed by atoms with E-state index >= 15 is 0 Å². The number of piperazine rings is 1. The summed E-state index contributed by atoms with van der Waals surface area (Å²) in [4.78, 5) is 33.6. The third-order valence-electron chi connectivity index (χ3n) is 6.85. The largest absolute Gasteiger partial charge is 0.454 e. The lowest BCUT2D eigenvalue weighted by atomic mass is 9.94. The molecule has 3 amide bonds. The van der Waals surface area contributed by atoms with E-state index in [4.69, 9.17) is 9.47 Å². The van der Waals surface area contributed by atoms with E-state index in [1.165, 1.54) is 32.1 Å². The Balaban J connectivity index is 1.14. The Kier molecular flexibility index (Phi) is 5.41. The molecule has 0 bridgehead atoms. The molecule has 8 nitrogen and oxygen atoms in total. The summed E-state index contributed by atoms with van der Waals surface area (Å²) in [6, 6.07) is 6.09. The molecule has 1 saturated carbocycles. The number of carbonyl (C=O) groups is 2. The van der Waals surface area contributed by atoms with Gasteiger partial charge in [-0.15, -0.1) is 0 Å². The van der Waals surface area contributed by atoms with Gasteiger partial charge in [-0.25, -0.2) is 4.79 Å². The maximum Gasteiger partial charge on any atom is 0.325 e. The average molecular weight is 415 g/mol. The molecule has 3 fully saturated rings. The third-order valence-corrected chi connectivity index (χ3v) is 6.85. The summed E-state index contributed by atoms with van der Waals surface area (Å²) in [6.45, 7) is 4.93. The normalized spacial score (nSPS) is 22.8. The maximum absolute atomic E-state index is 12.9. The van der Waals surface area contributed by atoms with Crippen molar-refractivity contribution in [3.63, 3.8) is 0 Å². The molecular formula is C22H30N4O4. The summed E-state index contributed by atoms with van der Waals surface area (Å²) in [5.74, 6) is 1.41. The fourth-order valence-corrected chi connectivity index (χ4v) is 5.07. The minimum absolute atomic E-state index is 0.0548. The second kappa shape index (κ2) is 8.34. The zero-order valence-electron chi connectivity index (χ0n) is 17.4. The highest BCUT2D eigenvalue weighted by Crippen LogP contribution is 2.36. The van der Waals surface area contributed by atoms with Gasteiger partial charge in [0.05, 0.1) is 0 Å². The van der Waals surface area contributed by atoms with Crippen LogP contribution in [0.1, 0.15) is 32.1 Å². The summed E-state index contributed by atoms with van der Waals surface area (Å²) in [5.41, 5.74) is 0.778. The average Bonchev–Trinajstić information content (AvgIpc) is 3.40. The molecule has 2 saturated heterocycles. The number of fused-ring (bicyclic) bond motifs is 1. The first-order valence-electron chi connectivity index (χ1n) is 11.2. The van der Waals surface area contributed by atoms with Crippen LogP contribution in [0.2, 0.25) is 0 Å². The fraction of sp³-hybridized carbons (Fsp3) is 0.636. The lowest BCUT2D eigenvalue weighted by Crippen LogP contribution is -2.54. The molecule has 0 unspecified atom stereocenters. The van der Waals surface area contributed by atoms with Crippen LogP contribution in [-0.2, 0) is 4.79 Å². The molecule has 0 aromatic heterocycles. The van der Waals surface area contributed by atoms with Gasteiger partial charge in [-0.1, -0.05) is 19.3 Å². The zero-order chi connectivity index (χ0) is 20.5. The number of amides is 3. The number of carbonyl (C=O) groups excluding carboxylic acids is 2. The molecule has 5 rings (SSSR count). The van der Waals surface area contributed by atoms with Gasteiger partial charge in [0.1, 0.15) is 6.54 Å². The Labute approximate surface area is 177 Å². The Morgan fingerprint density at radius 2 is 1.70 bits per heavy atom. The summed E-state index contributed by atoms with van der Waals surface area (Å²) < 4.78 is 10.8. The van der Waals surface area contributed by atoms with Gasteiger partial charge in [0.2, 0.25) is 12.7 Å². The van der Waals surface area contributed by atoms with Crippen molar-refractivity contribution in [1.82, 2.24) is 14.7 Å². The monoisotopic (exact) mass is 414 g/mol. The van der Waals surface area contributed by atoms with Crippen molar-refractivity contribution in [2.24, 2.45) is 0 Å². The van der Waals surface area contributed by atoms with Crippen molar-refractivity contribution >= 4 is 17.6 Å². The molecular weight excluding hydrogens is 384 g/mol. The van der Waals surface area contributed by atoms with Crippen molar-refractivity contribution in [3.05, 3.63) is 18.2 Å². The predicted octanol–water partition coefficient (Wildman–Crippen LogP) is 2.13. The van der Waals surface area contributed by atoms with Gasteiger partial charge in [0, 0.05) is 57.1 Å². The molecule has 8 heteroatoms. The first-order valence-corrected chi connectivity index (χ1v) is 11.2. The Morgan fingerprint density at radius 1 is 0.933 bits per heavy atom. The van der Waals surface area contributed by atoms with Gasteiger partial charge in [-0.3, -0.25) is 14.6 Å². The molecule has 1 aromatic rings. The summed E-state index contributed by atoms with van der Waals surface area (Å²) >= 11 is 0. The SMILES string of the molecule is O=C(CN1CCN(c2ccc3c(c2)OCO3)C1=O)N1CCN(C2CCCCC2)CC1. The van der Waals surface area contributed by atoms with Crippen molar-refractivity contribution in [2.75, 3.05) is 57.5 Å². The van der Waals surface area contributed by atoms with Crippen LogP contribution in [0.4, 0.5) is 10.5 Å². The van der Waals surface area contributed by atoms with Gasteiger partial charge in [0.25, 0.3) is 0 Å². The van der Waals surface area contributed by atoms with Crippen molar-refractivity contribution in [1.29, 1.82) is 0 Å². The number of rotatable bonds is 4. The number of nitrogens with zero attached hydrogens (tertiary/aromatic N) is 4. The number of hydrogen-bond donors (Lipinski definition) is 0. The second-order valence-electron chi connectivity index (χ2n) is 8.60. The van der Waals surface area contributed by atoms with Crippen LogP contribution >= 0.6 is 0 Å². The molecule has 162 valence electrons. The van der Waals surface area contributed by atoms with Crippen molar-refractivity contribution in [3.8, 4) is 11.5 Å². The summed E-state index contributed by atoms with van der Waals surface area (Å²) in [7, 11) is 0. The van der Waals surface area contributed by atoms with E-state index in [2.05, 4.69) is 4.90 Å². The molecule has 0 atom stereocenters. The third kappa shape index (κ3) is 3.80. The lowest BCUT2D eigenvalue weighted by molar-refractivity contribution is -0.133. The van der Waals surface area contributed by atoms with E-state index in [-0.39, 0.29) is 25.3 Å². The van der Waals surface area contributed by atoms with E-state index in [9.17, 15) is 9.59 Å². The Hall–Kier alpha value is -2.48. The van der Waals surface area contributed by atoms with Gasteiger partial charge < -0.3 is 19.3 Å². The molecule has 0 N–H and O–H groups in total. The number of ether oxygens (including phenoxy) is 2. The van der Waals surface area contributed by atoms with Crippen LogP contribution in [0.15, 0.2) is 18.2 Å². The van der Waals surface area contributed by atoms with Gasteiger partial charge >= 0.3 is 6.03 Å². The van der Waals surface area contributed by atoms with Crippen LogP contribution < -0.4 is 14.4 Å². The molecule has 1 aliphatic carbocycles. The topological polar surface area (TPSA) is 65.6 Å². The number of anilines is 1. The fourth-order valence-electron chi connectivity index (χ4n) is 5.07. The number of benzene rings is 1. The highest BCUT2D eigenvalue weighted by molar-refractivity contribution is 5.96. The standard InChI is InChI=1S/C22H30N4O4/c27-21(24-10-8-23(9-11-24)17-4-2-1-3-5-17)15-25-12-13-26(22(25)28)18-6-7-19-20(14-18)30-16-29-19/h6-7,14,17H,1-5,8-13,15-16H2. The van der Waals surface area contributed by atoms with E-state index in [1.54, 1.807) is 9.80 Å². The Morgan fingerprint density at radius 3 is 2.50 bits per heavy atom. The number of hydrogen-bond acceptors (Lipinski definition) is 5. The molecule has 3 aliphatic heterocycles. The molecule has 3 heterocycles. The molecule has 0 radical (unpaired) electrons. The molecule has 4 aliphatic rings.